The van der Waals surface area contributed by atoms with Crippen LogP contribution in [0.4, 0.5) is 5.69 Å². The summed E-state index contributed by atoms with van der Waals surface area (Å²) in [7, 11) is 0. The van der Waals surface area contributed by atoms with E-state index in [0.29, 0.717) is 5.56 Å². The van der Waals surface area contributed by atoms with Crippen LogP contribution in [0.5, 0.6) is 0 Å². The van der Waals surface area contributed by atoms with E-state index in [2.05, 4.69) is 17.7 Å². The number of benzene rings is 1. The summed E-state index contributed by atoms with van der Waals surface area (Å²) in [5.41, 5.74) is 4.01. The van der Waals surface area contributed by atoms with Gasteiger partial charge in [-0.3, -0.25) is 10.6 Å². The molecule has 0 aliphatic heterocycles. The molecule has 1 atom stereocenters. The van der Waals surface area contributed by atoms with Crippen molar-refractivity contribution in [3.05, 3.63) is 29.8 Å². The average molecular weight is 233 g/mol. The number of nitrogen functional groups attached to an aromatic ring is 1. The molecule has 1 fully saturated rings. The van der Waals surface area contributed by atoms with Crippen LogP contribution in [0.1, 0.15) is 36.5 Å². The molecule has 0 bridgehead atoms. The van der Waals surface area contributed by atoms with Gasteiger partial charge in [0, 0.05) is 17.3 Å². The molecule has 1 saturated carbocycles. The van der Waals surface area contributed by atoms with Gasteiger partial charge in [0.05, 0.1) is 0 Å². The minimum absolute atomic E-state index is 0.0123. The third kappa shape index (κ3) is 3.46. The summed E-state index contributed by atoms with van der Waals surface area (Å²) >= 11 is 0. The molecular formula is C13H19N3O. The number of rotatable bonds is 5. The predicted molar refractivity (Wildman–Crippen MR) is 68.5 cm³/mol. The van der Waals surface area contributed by atoms with Crippen LogP contribution in [0, 0.1) is 5.92 Å². The lowest BCUT2D eigenvalue weighted by molar-refractivity contribution is 0.0937. The molecule has 0 aromatic heterocycles. The summed E-state index contributed by atoms with van der Waals surface area (Å²) in [4.78, 5) is 11.9. The number of hydrazine groups is 1. The van der Waals surface area contributed by atoms with Crippen LogP contribution in [0.3, 0.4) is 0 Å². The molecule has 92 valence electrons. The monoisotopic (exact) mass is 233 g/mol. The van der Waals surface area contributed by atoms with Crippen LogP contribution in [-0.4, -0.2) is 11.9 Å². The predicted octanol–water partition coefficient (Wildman–Crippen LogP) is 1.89. The van der Waals surface area contributed by atoms with Gasteiger partial charge in [0.2, 0.25) is 0 Å². The van der Waals surface area contributed by atoms with E-state index in [0.717, 1.165) is 18.0 Å². The molecule has 0 heterocycles. The first kappa shape index (κ1) is 11.9. The highest BCUT2D eigenvalue weighted by molar-refractivity contribution is 5.94. The molecule has 4 N–H and O–H groups in total. The smallest absolute Gasteiger partial charge is 0.251 e. The number of hydrogen-bond donors (Lipinski definition) is 3. The van der Waals surface area contributed by atoms with Crippen LogP contribution >= 0.6 is 0 Å². The van der Waals surface area contributed by atoms with E-state index in [4.69, 9.17) is 5.84 Å². The van der Waals surface area contributed by atoms with Gasteiger partial charge in [-0.15, -0.1) is 0 Å². The van der Waals surface area contributed by atoms with E-state index in [1.807, 2.05) is 0 Å². The number of carbonyl (C=O) groups is 1. The Hall–Kier alpha value is -1.55. The van der Waals surface area contributed by atoms with E-state index in [9.17, 15) is 4.79 Å². The van der Waals surface area contributed by atoms with Gasteiger partial charge in [-0.25, -0.2) is 0 Å². The maximum Gasteiger partial charge on any atom is 0.251 e. The Morgan fingerprint density at radius 1 is 1.41 bits per heavy atom. The summed E-state index contributed by atoms with van der Waals surface area (Å²) in [6, 6.07) is 7.38. The number of carbonyl (C=O) groups excluding carboxylic acids is 1. The topological polar surface area (TPSA) is 67.2 Å². The maximum atomic E-state index is 11.9. The molecule has 17 heavy (non-hydrogen) atoms. The lowest BCUT2D eigenvalue weighted by Gasteiger charge is -2.13. The molecule has 4 nitrogen and oxygen atoms in total. The van der Waals surface area contributed by atoms with Crippen molar-refractivity contribution in [2.24, 2.45) is 11.8 Å². The molecule has 1 aliphatic carbocycles. The maximum absolute atomic E-state index is 11.9. The van der Waals surface area contributed by atoms with Crippen LogP contribution in [0.15, 0.2) is 24.3 Å². The van der Waals surface area contributed by atoms with E-state index >= 15 is 0 Å². The first-order valence-corrected chi connectivity index (χ1v) is 6.06. The molecule has 2 rings (SSSR count). The van der Waals surface area contributed by atoms with Crippen molar-refractivity contribution in [1.29, 1.82) is 0 Å². The SMILES string of the molecule is CC(CC1CC1)NC(=O)c1ccc(NN)cc1. The average Bonchev–Trinajstić information content (AvgIpc) is 3.12. The van der Waals surface area contributed by atoms with E-state index in [-0.39, 0.29) is 11.9 Å². The van der Waals surface area contributed by atoms with Gasteiger partial charge in [0.25, 0.3) is 5.91 Å². The van der Waals surface area contributed by atoms with Gasteiger partial charge in [0.1, 0.15) is 0 Å². The van der Waals surface area contributed by atoms with Crippen LogP contribution < -0.4 is 16.6 Å². The van der Waals surface area contributed by atoms with E-state index in [1.165, 1.54) is 12.8 Å². The molecule has 0 saturated heterocycles. The molecule has 0 radical (unpaired) electrons. The Bertz CT molecular complexity index is 384. The van der Waals surface area contributed by atoms with Crippen molar-refractivity contribution in [3.8, 4) is 0 Å². The highest BCUT2D eigenvalue weighted by Crippen LogP contribution is 2.33. The summed E-state index contributed by atoms with van der Waals surface area (Å²) in [5.74, 6) is 6.08. The Balaban J connectivity index is 1.88. The van der Waals surface area contributed by atoms with Gasteiger partial charge >= 0.3 is 0 Å². The lowest BCUT2D eigenvalue weighted by Crippen LogP contribution is -2.32. The fraction of sp³-hybridized carbons (Fsp3) is 0.462. The number of hydrogen-bond acceptors (Lipinski definition) is 3. The van der Waals surface area contributed by atoms with Crippen molar-refractivity contribution in [3.63, 3.8) is 0 Å². The minimum Gasteiger partial charge on any atom is -0.350 e. The zero-order valence-electron chi connectivity index (χ0n) is 10.1. The second-order valence-corrected chi connectivity index (χ2v) is 4.78. The Kier molecular flexibility index (Phi) is 3.64. The third-order valence-corrected chi connectivity index (χ3v) is 3.08. The van der Waals surface area contributed by atoms with Crippen molar-refractivity contribution in [1.82, 2.24) is 5.32 Å². The van der Waals surface area contributed by atoms with Gasteiger partial charge in [-0.1, -0.05) is 12.8 Å². The largest absolute Gasteiger partial charge is 0.350 e. The first-order chi connectivity index (χ1) is 8.19. The molecule has 1 unspecified atom stereocenters. The van der Waals surface area contributed by atoms with Gasteiger partial charge < -0.3 is 10.7 Å². The molecule has 0 spiro atoms. The zero-order chi connectivity index (χ0) is 12.3. The Labute approximate surface area is 102 Å². The van der Waals surface area contributed by atoms with Crippen molar-refractivity contribution < 1.29 is 4.79 Å². The van der Waals surface area contributed by atoms with Gasteiger partial charge in [0.15, 0.2) is 0 Å². The molecule has 4 heteroatoms. The summed E-state index contributed by atoms with van der Waals surface area (Å²) in [6.45, 7) is 2.06. The van der Waals surface area contributed by atoms with E-state index < -0.39 is 0 Å². The molecule has 1 amide bonds. The van der Waals surface area contributed by atoms with Gasteiger partial charge in [-0.2, -0.15) is 0 Å². The fourth-order valence-corrected chi connectivity index (χ4v) is 1.94. The van der Waals surface area contributed by atoms with Crippen LogP contribution in [-0.2, 0) is 0 Å². The second kappa shape index (κ2) is 5.19. The van der Waals surface area contributed by atoms with Crippen molar-refractivity contribution >= 4 is 11.6 Å². The molecule has 1 aliphatic rings. The van der Waals surface area contributed by atoms with Crippen molar-refractivity contribution in [2.45, 2.75) is 32.2 Å². The minimum atomic E-state index is -0.0123. The zero-order valence-corrected chi connectivity index (χ0v) is 10.1. The van der Waals surface area contributed by atoms with Crippen molar-refractivity contribution in [2.75, 3.05) is 5.43 Å². The van der Waals surface area contributed by atoms with Crippen LogP contribution in [0.25, 0.3) is 0 Å². The molecule has 1 aromatic rings. The normalized spacial score (nSPS) is 16.4. The van der Waals surface area contributed by atoms with E-state index in [1.54, 1.807) is 24.3 Å². The molecular weight excluding hydrogens is 214 g/mol. The highest BCUT2D eigenvalue weighted by atomic mass is 16.1. The summed E-state index contributed by atoms with van der Waals surface area (Å²) < 4.78 is 0. The van der Waals surface area contributed by atoms with Gasteiger partial charge in [-0.05, 0) is 43.5 Å². The number of amides is 1. The standard InChI is InChI=1S/C13H19N3O/c1-9(8-10-2-3-10)15-13(17)11-4-6-12(16-14)7-5-11/h4-7,9-10,16H,2-3,8,14H2,1H3,(H,15,17). The Morgan fingerprint density at radius 2 is 2.06 bits per heavy atom. The number of nitrogens with two attached hydrogens (primary N) is 1. The third-order valence-electron chi connectivity index (χ3n) is 3.08. The Morgan fingerprint density at radius 3 is 2.59 bits per heavy atom. The second-order valence-electron chi connectivity index (χ2n) is 4.78. The van der Waals surface area contributed by atoms with Crippen LogP contribution in [0.2, 0.25) is 0 Å². The fourth-order valence-electron chi connectivity index (χ4n) is 1.94. The quantitative estimate of drug-likeness (QED) is 0.537. The molecule has 1 aromatic carbocycles. The number of anilines is 1. The summed E-state index contributed by atoms with van der Waals surface area (Å²) in [6.07, 6.45) is 3.72. The first-order valence-electron chi connectivity index (χ1n) is 6.06. The lowest BCUT2D eigenvalue weighted by atomic mass is 10.1. The summed E-state index contributed by atoms with van der Waals surface area (Å²) in [5, 5.41) is 3.01. The number of nitrogens with one attached hydrogen (secondary N) is 2. The highest BCUT2D eigenvalue weighted by Gasteiger charge is 2.24.